The number of carbonyl (C=O) groups is 1. The van der Waals surface area contributed by atoms with Gasteiger partial charge in [-0.15, -0.1) is 0 Å². The molecule has 1 atom stereocenters. The number of benzene rings is 1. The molecule has 1 amide bonds. The lowest BCUT2D eigenvalue weighted by molar-refractivity contribution is 0.0525. The molecule has 24 heavy (non-hydrogen) atoms. The Hall–Kier alpha value is -2.67. The van der Waals surface area contributed by atoms with Gasteiger partial charge >= 0.3 is 0 Å². The van der Waals surface area contributed by atoms with Crippen LogP contribution in [0.2, 0.25) is 0 Å². The molecule has 7 nitrogen and oxygen atoms in total. The number of hydrogen-bond donors (Lipinski definition) is 1. The second-order valence-electron chi connectivity index (χ2n) is 6.26. The highest BCUT2D eigenvalue weighted by Gasteiger charge is 2.32. The molecule has 3 heterocycles. The van der Waals surface area contributed by atoms with Crippen molar-refractivity contribution in [3.05, 3.63) is 48.2 Å². The maximum Gasteiger partial charge on any atom is 0.275 e. The Labute approximate surface area is 139 Å². The molecule has 1 aliphatic heterocycles. The van der Waals surface area contributed by atoms with Gasteiger partial charge in [-0.3, -0.25) is 14.8 Å². The number of para-hydroxylation sites is 1. The molecule has 1 aromatic carbocycles. The summed E-state index contributed by atoms with van der Waals surface area (Å²) < 4.78 is 2.01. The largest absolute Gasteiger partial charge is 0.337 e. The monoisotopic (exact) mass is 324 g/mol. The number of hydrogen-bond acceptors (Lipinski definition) is 4. The average Bonchev–Trinajstić information content (AvgIpc) is 3.21. The second kappa shape index (κ2) is 5.76. The molecule has 7 heteroatoms. The summed E-state index contributed by atoms with van der Waals surface area (Å²) >= 11 is 0. The number of H-pyrrole nitrogens is 1. The van der Waals surface area contributed by atoms with Gasteiger partial charge in [0.25, 0.3) is 5.91 Å². The lowest BCUT2D eigenvalue weighted by Crippen LogP contribution is -2.49. The van der Waals surface area contributed by atoms with Crippen molar-refractivity contribution in [2.24, 2.45) is 7.05 Å². The van der Waals surface area contributed by atoms with Gasteiger partial charge in [0, 0.05) is 44.5 Å². The van der Waals surface area contributed by atoms with Crippen molar-refractivity contribution < 1.29 is 4.79 Å². The fourth-order valence-corrected chi connectivity index (χ4v) is 3.31. The second-order valence-corrected chi connectivity index (χ2v) is 6.26. The highest BCUT2D eigenvalue weighted by molar-refractivity contribution is 6.04. The van der Waals surface area contributed by atoms with E-state index in [9.17, 15) is 4.79 Å². The Morgan fingerprint density at radius 1 is 1.25 bits per heavy atom. The summed E-state index contributed by atoms with van der Waals surface area (Å²) in [5.74, 6) is 0.946. The zero-order valence-electron chi connectivity index (χ0n) is 13.8. The Bertz CT molecular complexity index is 882. The van der Waals surface area contributed by atoms with E-state index in [2.05, 4.69) is 27.1 Å². The van der Waals surface area contributed by atoms with Gasteiger partial charge < -0.3 is 9.47 Å². The van der Waals surface area contributed by atoms with Crippen LogP contribution < -0.4 is 0 Å². The third-order valence-corrected chi connectivity index (χ3v) is 4.76. The number of likely N-dealkylation sites (N-methyl/N-ethyl adjacent to an activating group) is 1. The lowest BCUT2D eigenvalue weighted by Gasteiger charge is -2.38. The first-order valence-electron chi connectivity index (χ1n) is 8.05. The summed E-state index contributed by atoms with van der Waals surface area (Å²) in [7, 11) is 4.06. The van der Waals surface area contributed by atoms with Crippen LogP contribution >= 0.6 is 0 Å². The predicted molar refractivity (Wildman–Crippen MR) is 90.6 cm³/mol. The molecular weight excluding hydrogens is 304 g/mol. The fraction of sp³-hybridized carbons (Fsp3) is 0.353. The molecule has 1 N–H and O–H groups in total. The van der Waals surface area contributed by atoms with Crippen molar-refractivity contribution in [1.82, 2.24) is 29.5 Å². The number of rotatable bonds is 2. The molecule has 0 aliphatic carbocycles. The normalized spacial score (nSPS) is 19.1. The number of aryl methyl sites for hydroxylation is 1. The van der Waals surface area contributed by atoms with Crippen molar-refractivity contribution in [3.63, 3.8) is 0 Å². The number of aromatic nitrogens is 4. The minimum Gasteiger partial charge on any atom is -0.337 e. The van der Waals surface area contributed by atoms with Crippen LogP contribution in [0.15, 0.2) is 36.7 Å². The number of nitrogens with one attached hydrogen (secondary N) is 1. The van der Waals surface area contributed by atoms with E-state index in [4.69, 9.17) is 0 Å². The van der Waals surface area contributed by atoms with E-state index in [0.29, 0.717) is 18.8 Å². The van der Waals surface area contributed by atoms with Crippen molar-refractivity contribution in [2.75, 3.05) is 26.7 Å². The first-order valence-corrected chi connectivity index (χ1v) is 8.05. The van der Waals surface area contributed by atoms with Crippen molar-refractivity contribution in [1.29, 1.82) is 0 Å². The van der Waals surface area contributed by atoms with Crippen LogP contribution in [-0.4, -0.2) is 62.1 Å². The molecule has 1 unspecified atom stereocenters. The van der Waals surface area contributed by atoms with Gasteiger partial charge in [0.05, 0.1) is 11.6 Å². The van der Waals surface area contributed by atoms with Crippen molar-refractivity contribution in [3.8, 4) is 0 Å². The zero-order valence-corrected chi connectivity index (χ0v) is 13.8. The van der Waals surface area contributed by atoms with Crippen LogP contribution in [0.5, 0.6) is 0 Å². The van der Waals surface area contributed by atoms with Gasteiger partial charge in [0.2, 0.25) is 0 Å². The Morgan fingerprint density at radius 2 is 2.08 bits per heavy atom. The molecule has 0 saturated carbocycles. The van der Waals surface area contributed by atoms with E-state index in [-0.39, 0.29) is 11.9 Å². The standard InChI is InChI=1S/C17H20N6O/c1-21-9-10-23(11-14(21)16-18-7-8-22(16)2)17(24)15-12-5-3-4-6-13(12)19-20-15/h3-8,14H,9-11H2,1-2H3,(H,19,20). The molecule has 124 valence electrons. The summed E-state index contributed by atoms with van der Waals surface area (Å²) in [6.07, 6.45) is 3.73. The lowest BCUT2D eigenvalue weighted by atomic mass is 10.1. The minimum atomic E-state index is -0.0280. The molecule has 0 radical (unpaired) electrons. The number of fused-ring (bicyclic) bond motifs is 1. The van der Waals surface area contributed by atoms with Crippen LogP contribution in [0.3, 0.4) is 0 Å². The summed E-state index contributed by atoms with van der Waals surface area (Å²) in [5, 5.41) is 8.05. The van der Waals surface area contributed by atoms with Crippen LogP contribution in [0.4, 0.5) is 0 Å². The van der Waals surface area contributed by atoms with Gasteiger partial charge in [-0.05, 0) is 13.1 Å². The first-order chi connectivity index (χ1) is 11.6. The van der Waals surface area contributed by atoms with Gasteiger partial charge in [-0.25, -0.2) is 4.98 Å². The molecule has 2 aromatic heterocycles. The molecule has 1 saturated heterocycles. The van der Waals surface area contributed by atoms with Gasteiger partial charge in [0.15, 0.2) is 5.69 Å². The zero-order chi connectivity index (χ0) is 16.7. The van der Waals surface area contributed by atoms with E-state index < -0.39 is 0 Å². The number of carbonyl (C=O) groups excluding carboxylic acids is 1. The maximum atomic E-state index is 13.0. The number of piperazine rings is 1. The molecule has 1 aliphatic rings. The van der Waals surface area contributed by atoms with E-state index >= 15 is 0 Å². The summed E-state index contributed by atoms with van der Waals surface area (Å²) in [6.45, 7) is 2.12. The third-order valence-electron chi connectivity index (χ3n) is 4.76. The predicted octanol–water partition coefficient (Wildman–Crippen LogP) is 1.43. The van der Waals surface area contributed by atoms with E-state index in [1.54, 1.807) is 6.20 Å². The van der Waals surface area contributed by atoms with Crippen LogP contribution in [0.25, 0.3) is 10.9 Å². The highest BCUT2D eigenvalue weighted by atomic mass is 16.2. The molecule has 4 rings (SSSR count). The SMILES string of the molecule is CN1CCN(C(=O)c2n[nH]c3ccccc23)CC1c1nccn1C. The van der Waals surface area contributed by atoms with Crippen molar-refractivity contribution >= 4 is 16.8 Å². The summed E-state index contributed by atoms with van der Waals surface area (Å²) in [6, 6.07) is 7.81. The Kier molecular flexibility index (Phi) is 3.57. The Morgan fingerprint density at radius 3 is 2.88 bits per heavy atom. The van der Waals surface area contributed by atoms with E-state index in [1.165, 1.54) is 0 Å². The van der Waals surface area contributed by atoms with Crippen LogP contribution in [-0.2, 0) is 7.05 Å². The topological polar surface area (TPSA) is 70.1 Å². The van der Waals surface area contributed by atoms with Gasteiger partial charge in [-0.1, -0.05) is 18.2 Å². The Balaban J connectivity index is 1.62. The summed E-state index contributed by atoms with van der Waals surface area (Å²) in [5.41, 5.74) is 1.38. The fourth-order valence-electron chi connectivity index (χ4n) is 3.31. The number of imidazole rings is 1. The molecule has 3 aromatic rings. The maximum absolute atomic E-state index is 13.0. The van der Waals surface area contributed by atoms with Crippen molar-refractivity contribution in [2.45, 2.75) is 6.04 Å². The number of amides is 1. The van der Waals surface area contributed by atoms with E-state index in [1.807, 2.05) is 47.0 Å². The van der Waals surface area contributed by atoms with Gasteiger partial charge in [0.1, 0.15) is 5.82 Å². The molecule has 0 bridgehead atoms. The van der Waals surface area contributed by atoms with E-state index in [0.717, 1.165) is 23.3 Å². The third kappa shape index (κ3) is 2.37. The van der Waals surface area contributed by atoms with Crippen LogP contribution in [0.1, 0.15) is 22.4 Å². The first kappa shape index (κ1) is 14.9. The van der Waals surface area contributed by atoms with Crippen LogP contribution in [0, 0.1) is 0 Å². The quantitative estimate of drug-likeness (QED) is 0.774. The highest BCUT2D eigenvalue weighted by Crippen LogP contribution is 2.24. The molecule has 1 fully saturated rings. The van der Waals surface area contributed by atoms with Gasteiger partial charge in [-0.2, -0.15) is 5.10 Å². The number of nitrogens with zero attached hydrogens (tertiary/aromatic N) is 5. The number of aromatic amines is 1. The molecule has 0 spiro atoms. The molecular formula is C17H20N6O. The average molecular weight is 324 g/mol. The minimum absolute atomic E-state index is 0.0280. The summed E-state index contributed by atoms with van der Waals surface area (Å²) in [4.78, 5) is 21.6. The smallest absolute Gasteiger partial charge is 0.275 e.